The smallest absolute Gasteiger partial charge is 0.282 e. The number of carbonyl (C=O) groups is 2. The van der Waals surface area contributed by atoms with Gasteiger partial charge in [0.05, 0.1) is 24.9 Å². The van der Waals surface area contributed by atoms with Crippen LogP contribution in [0.5, 0.6) is 5.75 Å². The topological polar surface area (TPSA) is 94.3 Å². The fourth-order valence-electron chi connectivity index (χ4n) is 3.92. The summed E-state index contributed by atoms with van der Waals surface area (Å²) in [7, 11) is 1.53. The van der Waals surface area contributed by atoms with Crippen LogP contribution in [0.2, 0.25) is 0 Å². The molecule has 0 fully saturated rings. The van der Waals surface area contributed by atoms with Gasteiger partial charge in [-0.1, -0.05) is 13.8 Å². The van der Waals surface area contributed by atoms with E-state index < -0.39 is 40.2 Å². The van der Waals surface area contributed by atoms with Crippen molar-refractivity contribution in [1.29, 1.82) is 0 Å². The van der Waals surface area contributed by atoms with Crippen molar-refractivity contribution in [1.82, 2.24) is 14.8 Å². The predicted molar refractivity (Wildman–Crippen MR) is 109 cm³/mol. The van der Waals surface area contributed by atoms with Crippen molar-refractivity contribution in [2.75, 3.05) is 7.11 Å². The van der Waals surface area contributed by atoms with E-state index in [1.54, 1.807) is 27.0 Å². The van der Waals surface area contributed by atoms with Crippen LogP contribution in [0.4, 0.5) is 8.78 Å². The number of hydrogen-bond acceptors (Lipinski definition) is 6. The van der Waals surface area contributed by atoms with Crippen molar-refractivity contribution in [3.63, 3.8) is 0 Å². The molecule has 3 rings (SSSR count). The summed E-state index contributed by atoms with van der Waals surface area (Å²) >= 11 is 0. The van der Waals surface area contributed by atoms with E-state index in [0.717, 1.165) is 11.1 Å². The van der Waals surface area contributed by atoms with E-state index in [1.165, 1.54) is 18.0 Å². The first-order valence-electron chi connectivity index (χ1n) is 9.79. The quantitative estimate of drug-likeness (QED) is 0.540. The zero-order valence-electron chi connectivity index (χ0n) is 18.1. The van der Waals surface area contributed by atoms with Gasteiger partial charge in [-0.15, -0.1) is 0 Å². The van der Waals surface area contributed by atoms with Crippen LogP contribution in [0.25, 0.3) is 0 Å². The number of ketones is 2. The molecule has 2 aromatic rings. The number of methoxy groups -OCH3 is 1. The molecule has 0 bridgehead atoms. The van der Waals surface area contributed by atoms with Gasteiger partial charge in [0, 0.05) is 36.4 Å². The van der Waals surface area contributed by atoms with Crippen LogP contribution >= 0.6 is 0 Å². The van der Waals surface area contributed by atoms with Gasteiger partial charge >= 0.3 is 0 Å². The first-order chi connectivity index (χ1) is 14.4. The molecule has 0 saturated heterocycles. The number of aryl methyl sites for hydroxylation is 1. The SMILES string of the molecule is COc1c(C)cnc(Cn2cc(C(=O)C3=C(O)CC(C)(C)CC3=O)c(C(F)F)n2)c1C. The van der Waals surface area contributed by atoms with E-state index in [9.17, 15) is 23.5 Å². The Morgan fingerprint density at radius 2 is 2.00 bits per heavy atom. The summed E-state index contributed by atoms with van der Waals surface area (Å²) in [5, 5.41) is 14.2. The molecule has 166 valence electrons. The minimum Gasteiger partial charge on any atom is -0.511 e. The van der Waals surface area contributed by atoms with Crippen LogP contribution in [0.3, 0.4) is 0 Å². The number of nitrogens with zero attached hydrogens (tertiary/aromatic N) is 3. The molecule has 9 heteroatoms. The Morgan fingerprint density at radius 3 is 2.58 bits per heavy atom. The van der Waals surface area contributed by atoms with E-state index in [2.05, 4.69) is 10.1 Å². The van der Waals surface area contributed by atoms with Crippen LogP contribution < -0.4 is 4.74 Å². The Balaban J connectivity index is 2.01. The Kier molecular flexibility index (Phi) is 5.98. The van der Waals surface area contributed by atoms with Crippen molar-refractivity contribution in [3.05, 3.63) is 51.8 Å². The lowest BCUT2D eigenvalue weighted by Gasteiger charge is -2.28. The lowest BCUT2D eigenvalue weighted by atomic mass is 9.75. The van der Waals surface area contributed by atoms with E-state index in [0.29, 0.717) is 11.4 Å². The number of pyridine rings is 1. The first kappa shape index (κ1) is 22.6. The van der Waals surface area contributed by atoms with Gasteiger partial charge in [-0.25, -0.2) is 8.78 Å². The number of aromatic nitrogens is 3. The number of halogens is 2. The van der Waals surface area contributed by atoms with Crippen LogP contribution in [0, 0.1) is 19.3 Å². The zero-order chi connectivity index (χ0) is 23.1. The van der Waals surface area contributed by atoms with E-state index in [1.807, 2.05) is 6.92 Å². The standard InChI is InChI=1S/C22H25F2N3O4/c1-11-8-25-14(12(2)20(11)31-5)10-27-9-13(18(26-27)21(23)24)19(30)17-15(28)6-22(3,4)7-16(17)29/h8-9,21,28H,6-7,10H2,1-5H3. The van der Waals surface area contributed by atoms with Gasteiger partial charge in [0.25, 0.3) is 6.43 Å². The van der Waals surface area contributed by atoms with Crippen molar-refractivity contribution in [3.8, 4) is 5.75 Å². The summed E-state index contributed by atoms with van der Waals surface area (Å²) in [5.74, 6) is -1.24. The van der Waals surface area contributed by atoms with E-state index in [-0.39, 0.29) is 25.1 Å². The highest BCUT2D eigenvalue weighted by Gasteiger charge is 2.38. The molecule has 1 aliphatic rings. The predicted octanol–water partition coefficient (Wildman–Crippen LogP) is 4.27. The highest BCUT2D eigenvalue weighted by Crippen LogP contribution is 2.37. The number of hydrogen-bond donors (Lipinski definition) is 1. The molecule has 1 aliphatic carbocycles. The second-order valence-corrected chi connectivity index (χ2v) is 8.56. The van der Waals surface area contributed by atoms with Gasteiger partial charge in [-0.2, -0.15) is 5.10 Å². The van der Waals surface area contributed by atoms with Gasteiger partial charge in [0.15, 0.2) is 5.78 Å². The molecule has 0 unspecified atom stereocenters. The average molecular weight is 433 g/mol. The molecule has 0 aliphatic heterocycles. The maximum absolute atomic E-state index is 13.6. The molecule has 0 radical (unpaired) electrons. The van der Waals surface area contributed by atoms with E-state index in [4.69, 9.17) is 4.74 Å². The molecule has 0 spiro atoms. The third-order valence-electron chi connectivity index (χ3n) is 5.38. The number of rotatable bonds is 6. The fraction of sp³-hybridized carbons (Fsp3) is 0.455. The Bertz CT molecular complexity index is 1090. The molecular formula is C22H25F2N3O4. The lowest BCUT2D eigenvalue weighted by Crippen LogP contribution is -2.29. The number of Topliss-reactive ketones (excluding diaryl/α,β-unsaturated/α-hetero) is 2. The molecule has 0 saturated carbocycles. The fourth-order valence-corrected chi connectivity index (χ4v) is 3.92. The lowest BCUT2D eigenvalue weighted by molar-refractivity contribution is -0.118. The second kappa shape index (κ2) is 8.20. The summed E-state index contributed by atoms with van der Waals surface area (Å²) < 4.78 is 33.8. The average Bonchev–Trinajstić information content (AvgIpc) is 3.07. The van der Waals surface area contributed by atoms with Crippen molar-refractivity contribution >= 4 is 11.6 Å². The van der Waals surface area contributed by atoms with E-state index >= 15 is 0 Å². The molecule has 7 nitrogen and oxygen atoms in total. The highest BCUT2D eigenvalue weighted by molar-refractivity contribution is 6.27. The third-order valence-corrected chi connectivity index (χ3v) is 5.38. The molecule has 2 heterocycles. The maximum atomic E-state index is 13.6. The normalized spacial score (nSPS) is 16.2. The number of alkyl halides is 2. The number of carbonyl (C=O) groups excluding carboxylic acids is 2. The molecular weight excluding hydrogens is 408 g/mol. The second-order valence-electron chi connectivity index (χ2n) is 8.56. The van der Waals surface area contributed by atoms with Gasteiger partial charge in [0.2, 0.25) is 5.78 Å². The minimum atomic E-state index is -3.03. The Morgan fingerprint density at radius 1 is 1.32 bits per heavy atom. The summed E-state index contributed by atoms with van der Waals surface area (Å²) in [4.78, 5) is 29.8. The summed E-state index contributed by atoms with van der Waals surface area (Å²) in [6, 6.07) is 0. The molecule has 2 aromatic heterocycles. The highest BCUT2D eigenvalue weighted by atomic mass is 19.3. The summed E-state index contributed by atoms with van der Waals surface area (Å²) in [5.41, 5.74) is 0.0217. The summed E-state index contributed by atoms with van der Waals surface area (Å²) in [6.45, 7) is 7.24. The number of ether oxygens (including phenoxy) is 1. The number of aliphatic hydroxyl groups is 1. The first-order valence-corrected chi connectivity index (χ1v) is 9.79. The van der Waals surface area contributed by atoms with Gasteiger partial charge in [-0.05, 0) is 19.3 Å². The van der Waals surface area contributed by atoms with Gasteiger partial charge in [-0.3, -0.25) is 19.3 Å². The monoisotopic (exact) mass is 433 g/mol. The number of allylic oxidation sites excluding steroid dienone is 2. The molecule has 0 atom stereocenters. The largest absolute Gasteiger partial charge is 0.511 e. The third kappa shape index (κ3) is 4.35. The molecule has 0 aromatic carbocycles. The molecule has 1 N–H and O–H groups in total. The summed E-state index contributed by atoms with van der Waals surface area (Å²) in [6.07, 6.45) is -0.0901. The van der Waals surface area contributed by atoms with Crippen molar-refractivity contribution in [2.45, 2.75) is 53.5 Å². The van der Waals surface area contributed by atoms with Crippen molar-refractivity contribution < 1.29 is 28.2 Å². The number of aliphatic hydroxyl groups excluding tert-OH is 1. The Labute approximate surface area is 178 Å². The van der Waals surface area contributed by atoms with Gasteiger partial charge < -0.3 is 9.84 Å². The van der Waals surface area contributed by atoms with Crippen LogP contribution in [-0.2, 0) is 11.3 Å². The van der Waals surface area contributed by atoms with Crippen LogP contribution in [0.15, 0.2) is 23.7 Å². The van der Waals surface area contributed by atoms with Crippen LogP contribution in [0.1, 0.15) is 66.0 Å². The zero-order valence-corrected chi connectivity index (χ0v) is 18.1. The minimum absolute atomic E-state index is 0.0292. The van der Waals surface area contributed by atoms with Crippen LogP contribution in [-0.4, -0.2) is 38.5 Å². The van der Waals surface area contributed by atoms with Crippen molar-refractivity contribution in [2.24, 2.45) is 5.41 Å². The Hall–Kier alpha value is -3.10. The van der Waals surface area contributed by atoms with Gasteiger partial charge in [0.1, 0.15) is 22.8 Å². The molecule has 31 heavy (non-hydrogen) atoms. The molecule has 0 amide bonds. The maximum Gasteiger partial charge on any atom is 0.282 e.